The lowest BCUT2D eigenvalue weighted by atomic mass is 9.81. The average molecular weight is 366 g/mol. The van der Waals surface area contributed by atoms with Gasteiger partial charge in [-0.1, -0.05) is 31.0 Å². The second-order valence-electron chi connectivity index (χ2n) is 6.52. The quantitative estimate of drug-likeness (QED) is 0.782. The van der Waals surface area contributed by atoms with Crippen LogP contribution in [0.2, 0.25) is 0 Å². The molecule has 3 amide bonds. The lowest BCUT2D eigenvalue weighted by molar-refractivity contribution is -0.143. The van der Waals surface area contributed by atoms with E-state index in [9.17, 15) is 23.2 Å². The molecule has 3 rings (SSSR count). The summed E-state index contributed by atoms with van der Waals surface area (Å²) in [7, 11) is 0. The minimum absolute atomic E-state index is 0.0258. The average Bonchev–Trinajstić information content (AvgIpc) is 2.86. The fourth-order valence-electron chi connectivity index (χ4n) is 3.64. The number of fused-ring (bicyclic) bond motifs is 1. The Bertz CT molecular complexity index is 686. The summed E-state index contributed by atoms with van der Waals surface area (Å²) in [5, 5.41) is 2.55. The summed E-state index contributed by atoms with van der Waals surface area (Å²) in [5.74, 6) is -1.71. The third-order valence-corrected chi connectivity index (χ3v) is 4.90. The Morgan fingerprint density at radius 2 is 1.77 bits per heavy atom. The van der Waals surface area contributed by atoms with Crippen LogP contribution >= 0.6 is 0 Å². The molecule has 8 heteroatoms. The van der Waals surface area contributed by atoms with Gasteiger partial charge in [0.25, 0.3) is 0 Å². The van der Waals surface area contributed by atoms with Crippen LogP contribution < -0.4 is 10.1 Å². The van der Waals surface area contributed by atoms with Gasteiger partial charge in [-0.05, 0) is 18.9 Å². The second-order valence-corrected chi connectivity index (χ2v) is 6.52. The molecule has 0 spiro atoms. The molecule has 0 aromatic heterocycles. The molecule has 2 aliphatic rings. The van der Waals surface area contributed by atoms with Crippen molar-refractivity contribution in [3.63, 3.8) is 0 Å². The number of benzene rings is 1. The number of nitrogens with zero attached hydrogens (tertiary/aromatic N) is 1. The van der Waals surface area contributed by atoms with E-state index in [1.54, 1.807) is 18.2 Å². The molecule has 1 saturated heterocycles. The molecule has 1 aliphatic carbocycles. The summed E-state index contributed by atoms with van der Waals surface area (Å²) in [6.07, 6.45) is 3.21. The van der Waals surface area contributed by atoms with Gasteiger partial charge in [-0.3, -0.25) is 19.3 Å². The molecular formula is C18H20F2N2O4. The van der Waals surface area contributed by atoms with Crippen molar-refractivity contribution in [3.05, 3.63) is 29.8 Å². The molecule has 26 heavy (non-hydrogen) atoms. The van der Waals surface area contributed by atoms with Gasteiger partial charge < -0.3 is 10.1 Å². The lowest BCUT2D eigenvalue weighted by Gasteiger charge is -2.19. The molecule has 0 radical (unpaired) electrons. The van der Waals surface area contributed by atoms with E-state index in [4.69, 9.17) is 0 Å². The molecule has 1 saturated carbocycles. The van der Waals surface area contributed by atoms with Crippen molar-refractivity contribution in [2.75, 3.05) is 6.54 Å². The summed E-state index contributed by atoms with van der Waals surface area (Å²) in [6.45, 7) is -3.34. The molecule has 140 valence electrons. The number of alkyl halides is 2. The topological polar surface area (TPSA) is 75.7 Å². The molecular weight excluding hydrogens is 346 g/mol. The largest absolute Gasteiger partial charge is 0.434 e. The van der Waals surface area contributed by atoms with Crippen molar-refractivity contribution in [3.8, 4) is 5.75 Å². The number of imide groups is 1. The minimum atomic E-state index is -2.96. The van der Waals surface area contributed by atoms with Gasteiger partial charge in [0.05, 0.1) is 11.8 Å². The number of nitrogens with one attached hydrogen (secondary N) is 1. The highest BCUT2D eigenvalue weighted by Gasteiger charge is 2.48. The number of amides is 3. The Labute approximate surface area is 149 Å². The van der Waals surface area contributed by atoms with Gasteiger partial charge >= 0.3 is 6.61 Å². The zero-order valence-electron chi connectivity index (χ0n) is 14.1. The molecule has 1 aromatic rings. The standard InChI is InChI=1S/C18H20F2N2O4/c19-18(20)26-14-8-4-1-5-11(14)9-21-15(23)10-22-16(24)12-6-2-3-7-13(12)17(22)25/h1,4-5,8,12-13,18H,2-3,6-7,9-10H2,(H,21,23)/t12-,13-/m1/s1. The third kappa shape index (κ3) is 3.84. The normalized spacial score (nSPS) is 22.5. The molecule has 2 atom stereocenters. The first-order valence-electron chi connectivity index (χ1n) is 8.62. The fraction of sp³-hybridized carbons (Fsp3) is 0.500. The highest BCUT2D eigenvalue weighted by atomic mass is 19.3. The van der Waals surface area contributed by atoms with Gasteiger partial charge in [0.15, 0.2) is 0 Å². The Morgan fingerprint density at radius 3 is 2.38 bits per heavy atom. The Kier molecular flexibility index (Phi) is 5.49. The molecule has 1 N–H and O–H groups in total. The second kappa shape index (κ2) is 7.80. The highest BCUT2D eigenvalue weighted by Crippen LogP contribution is 2.37. The van der Waals surface area contributed by atoms with Crippen LogP contribution in [0.4, 0.5) is 8.78 Å². The Morgan fingerprint density at radius 1 is 1.15 bits per heavy atom. The van der Waals surface area contributed by atoms with E-state index in [-0.39, 0.29) is 42.5 Å². The van der Waals surface area contributed by atoms with Gasteiger partial charge in [-0.25, -0.2) is 0 Å². The third-order valence-electron chi connectivity index (χ3n) is 4.90. The van der Waals surface area contributed by atoms with Crippen LogP contribution in [0.15, 0.2) is 24.3 Å². The zero-order chi connectivity index (χ0) is 18.7. The number of para-hydroxylation sites is 1. The van der Waals surface area contributed by atoms with Crippen LogP contribution in [0.25, 0.3) is 0 Å². The van der Waals surface area contributed by atoms with Crippen LogP contribution in [0.1, 0.15) is 31.2 Å². The van der Waals surface area contributed by atoms with Crippen LogP contribution in [-0.4, -0.2) is 35.8 Å². The summed E-state index contributed by atoms with van der Waals surface area (Å²) in [4.78, 5) is 37.9. The molecule has 1 aliphatic heterocycles. The van der Waals surface area contributed by atoms with Crippen molar-refractivity contribution >= 4 is 17.7 Å². The summed E-state index contributed by atoms with van der Waals surface area (Å²) >= 11 is 0. The van der Waals surface area contributed by atoms with Crippen LogP contribution in [0, 0.1) is 11.8 Å². The van der Waals surface area contributed by atoms with E-state index in [0.29, 0.717) is 18.4 Å². The molecule has 0 bridgehead atoms. The van der Waals surface area contributed by atoms with Crippen molar-refractivity contribution in [1.82, 2.24) is 10.2 Å². The lowest BCUT2D eigenvalue weighted by Crippen LogP contribution is -2.40. The number of ether oxygens (including phenoxy) is 1. The molecule has 0 unspecified atom stereocenters. The SMILES string of the molecule is O=C(CN1C(=O)[C@@H]2CCCC[C@H]2C1=O)NCc1ccccc1OC(F)F. The maximum atomic E-state index is 12.4. The van der Waals surface area contributed by atoms with Crippen molar-refractivity contribution in [1.29, 1.82) is 0 Å². The number of halogens is 2. The minimum Gasteiger partial charge on any atom is -0.434 e. The maximum absolute atomic E-state index is 12.4. The summed E-state index contributed by atoms with van der Waals surface area (Å²) in [6, 6.07) is 6.12. The van der Waals surface area contributed by atoms with Gasteiger partial charge in [0.2, 0.25) is 17.7 Å². The van der Waals surface area contributed by atoms with E-state index < -0.39 is 12.5 Å². The first kappa shape index (κ1) is 18.3. The molecule has 6 nitrogen and oxygen atoms in total. The van der Waals surface area contributed by atoms with Crippen LogP contribution in [0.3, 0.4) is 0 Å². The number of hydrogen-bond acceptors (Lipinski definition) is 4. The fourth-order valence-corrected chi connectivity index (χ4v) is 3.64. The monoisotopic (exact) mass is 366 g/mol. The molecule has 1 aromatic carbocycles. The summed E-state index contributed by atoms with van der Waals surface area (Å²) in [5.41, 5.74) is 0.383. The smallest absolute Gasteiger partial charge is 0.387 e. The summed E-state index contributed by atoms with van der Waals surface area (Å²) < 4.78 is 29.2. The first-order chi connectivity index (χ1) is 12.5. The van der Waals surface area contributed by atoms with E-state index in [0.717, 1.165) is 17.7 Å². The van der Waals surface area contributed by atoms with Gasteiger partial charge in [0, 0.05) is 12.1 Å². The Balaban J connectivity index is 1.58. The van der Waals surface area contributed by atoms with Gasteiger partial charge in [-0.15, -0.1) is 0 Å². The van der Waals surface area contributed by atoms with Crippen LogP contribution in [-0.2, 0) is 20.9 Å². The number of carbonyl (C=O) groups excluding carboxylic acids is 3. The van der Waals surface area contributed by atoms with E-state index >= 15 is 0 Å². The van der Waals surface area contributed by atoms with Gasteiger partial charge in [-0.2, -0.15) is 8.78 Å². The highest BCUT2D eigenvalue weighted by molar-refractivity contribution is 6.07. The first-order valence-corrected chi connectivity index (χ1v) is 8.62. The Hall–Kier alpha value is -2.51. The molecule has 1 heterocycles. The van der Waals surface area contributed by atoms with Crippen molar-refractivity contribution in [2.45, 2.75) is 38.8 Å². The van der Waals surface area contributed by atoms with E-state index in [1.807, 2.05) is 0 Å². The number of carbonyl (C=O) groups is 3. The predicted molar refractivity (Wildman–Crippen MR) is 87.1 cm³/mol. The predicted octanol–water partition coefficient (Wildman–Crippen LogP) is 2.08. The maximum Gasteiger partial charge on any atom is 0.387 e. The molecule has 2 fully saturated rings. The zero-order valence-corrected chi connectivity index (χ0v) is 14.1. The number of hydrogen-bond donors (Lipinski definition) is 1. The van der Waals surface area contributed by atoms with Crippen molar-refractivity contribution in [2.24, 2.45) is 11.8 Å². The van der Waals surface area contributed by atoms with Crippen molar-refractivity contribution < 1.29 is 27.9 Å². The number of likely N-dealkylation sites (tertiary alicyclic amines) is 1. The van der Waals surface area contributed by atoms with Crippen LogP contribution in [0.5, 0.6) is 5.75 Å². The van der Waals surface area contributed by atoms with E-state index in [2.05, 4.69) is 10.1 Å². The number of rotatable bonds is 6. The van der Waals surface area contributed by atoms with Gasteiger partial charge in [0.1, 0.15) is 12.3 Å². The van der Waals surface area contributed by atoms with E-state index in [1.165, 1.54) is 6.07 Å².